The zero-order valence-electron chi connectivity index (χ0n) is 56.8. The third kappa shape index (κ3) is 9.66. The first kappa shape index (κ1) is 59.2. The standard InChI is InChI=1S/C96H58N6O4/c1-3-17-69(18-4-1)101-83-23-11-9-21-81(83)97-95(101)59-31-37-71(38-32-59)99(73-41-35-61-51-67(29-27-63(61)53-73)89-55-65-15-7-13-25-85(65)103-89)75-43-45-79-91(57-75)105-87-49-47-78-77(93(79)87)48-50-88-94(78)80-46-44-76(58-92(80)106-88)100(74-42-36-62-52-68(30-28-64(62)54-74)90-56-66-16-8-14-26-86(66)104-90)72-39-33-60(34-40-72)96-98-82-22-10-12-24-84(82)102(96)70-19-5-2-6-20-70/h1-58H. The zero-order chi connectivity index (χ0) is 69.5. The molecular weight excluding hydrogens is 1300 g/mol. The van der Waals surface area contributed by atoms with Crippen LogP contribution in [0.2, 0.25) is 0 Å². The summed E-state index contributed by atoms with van der Waals surface area (Å²) >= 11 is 0. The molecule has 0 saturated carbocycles. The molecule has 0 aliphatic heterocycles. The van der Waals surface area contributed by atoms with Crippen LogP contribution in [0, 0.1) is 0 Å². The van der Waals surface area contributed by atoms with Gasteiger partial charge in [0, 0.05) is 112 Å². The zero-order valence-corrected chi connectivity index (χ0v) is 56.8. The van der Waals surface area contributed by atoms with Crippen LogP contribution in [0.5, 0.6) is 0 Å². The summed E-state index contributed by atoms with van der Waals surface area (Å²) in [7, 11) is 0. The average molecular weight is 1360 g/mol. The fourth-order valence-corrected chi connectivity index (χ4v) is 16.0. The molecule has 0 radical (unpaired) electrons. The number of furan rings is 4. The molecule has 0 amide bonds. The monoisotopic (exact) mass is 1360 g/mol. The summed E-state index contributed by atoms with van der Waals surface area (Å²) in [4.78, 5) is 15.1. The molecule has 22 rings (SSSR count). The topological polar surface area (TPSA) is 94.7 Å². The molecule has 0 bridgehead atoms. The highest BCUT2D eigenvalue weighted by molar-refractivity contribution is 6.28. The van der Waals surface area contributed by atoms with Crippen molar-refractivity contribution in [3.63, 3.8) is 0 Å². The second kappa shape index (κ2) is 23.5. The van der Waals surface area contributed by atoms with Crippen molar-refractivity contribution in [1.82, 2.24) is 19.1 Å². The Hall–Kier alpha value is -14.5. The quantitative estimate of drug-likeness (QED) is 0.119. The summed E-state index contributed by atoms with van der Waals surface area (Å²) in [5, 5.41) is 12.9. The number of anilines is 6. The van der Waals surface area contributed by atoms with Gasteiger partial charge in [0.15, 0.2) is 0 Å². The van der Waals surface area contributed by atoms with E-state index in [2.05, 4.69) is 310 Å². The van der Waals surface area contributed by atoms with Gasteiger partial charge in [0.2, 0.25) is 0 Å². The third-order valence-corrected chi connectivity index (χ3v) is 21.1. The largest absolute Gasteiger partial charge is 0.456 e. The van der Waals surface area contributed by atoms with Crippen LogP contribution in [0.15, 0.2) is 370 Å². The van der Waals surface area contributed by atoms with Crippen LogP contribution in [0.4, 0.5) is 34.1 Å². The van der Waals surface area contributed by atoms with E-state index in [0.29, 0.717) is 0 Å². The second-order valence-corrected chi connectivity index (χ2v) is 27.3. The number of fused-ring (bicyclic) bond motifs is 15. The van der Waals surface area contributed by atoms with Gasteiger partial charge < -0.3 is 27.5 Å². The summed E-state index contributed by atoms with van der Waals surface area (Å²) < 4.78 is 31.2. The van der Waals surface area contributed by atoms with E-state index in [1.807, 2.05) is 60.7 Å². The first-order valence-electron chi connectivity index (χ1n) is 35.6. The summed E-state index contributed by atoms with van der Waals surface area (Å²) in [6.45, 7) is 0. The Morgan fingerprint density at radius 2 is 0.585 bits per heavy atom. The lowest BCUT2D eigenvalue weighted by Gasteiger charge is -2.26. The van der Waals surface area contributed by atoms with Crippen LogP contribution in [0.3, 0.4) is 0 Å². The maximum absolute atomic E-state index is 6.99. The summed E-state index contributed by atoms with van der Waals surface area (Å²) in [6.07, 6.45) is 0. The number of aromatic nitrogens is 4. The van der Waals surface area contributed by atoms with Crippen molar-refractivity contribution in [2.75, 3.05) is 9.80 Å². The van der Waals surface area contributed by atoms with E-state index in [4.69, 9.17) is 27.6 Å². The van der Waals surface area contributed by atoms with Crippen molar-refractivity contribution >= 4 is 154 Å². The molecule has 6 heterocycles. The summed E-state index contributed by atoms with van der Waals surface area (Å²) in [6, 6.07) is 124. The Balaban J connectivity index is 0.647. The molecule has 0 atom stereocenters. The number of nitrogens with zero attached hydrogens (tertiary/aromatic N) is 6. The highest BCUT2D eigenvalue weighted by atomic mass is 16.3. The van der Waals surface area contributed by atoms with Crippen molar-refractivity contribution in [2.45, 2.75) is 0 Å². The van der Waals surface area contributed by atoms with Crippen LogP contribution < -0.4 is 9.80 Å². The molecule has 0 N–H and O–H groups in total. The Kier molecular flexibility index (Phi) is 13.2. The maximum Gasteiger partial charge on any atom is 0.145 e. The molecule has 0 spiro atoms. The van der Waals surface area contributed by atoms with Crippen LogP contribution in [0.1, 0.15) is 0 Å². The van der Waals surface area contributed by atoms with E-state index in [0.717, 1.165) is 211 Å². The number of benzene rings is 16. The third-order valence-electron chi connectivity index (χ3n) is 21.1. The number of imidazole rings is 2. The molecule has 0 aliphatic rings. The van der Waals surface area contributed by atoms with Crippen molar-refractivity contribution in [3.8, 4) is 56.8 Å². The Labute approximate surface area is 605 Å². The van der Waals surface area contributed by atoms with Gasteiger partial charge in [0.05, 0.1) is 22.1 Å². The van der Waals surface area contributed by atoms with Gasteiger partial charge in [0.25, 0.3) is 0 Å². The minimum Gasteiger partial charge on any atom is -0.456 e. The molecular formula is C96H58N6O4. The minimum atomic E-state index is 0.777. The molecule has 16 aromatic carbocycles. The Morgan fingerprint density at radius 3 is 1.04 bits per heavy atom. The lowest BCUT2D eigenvalue weighted by Crippen LogP contribution is -2.10. The Bertz CT molecular complexity index is 6780. The number of rotatable bonds is 12. The van der Waals surface area contributed by atoms with Gasteiger partial charge in [-0.25, -0.2) is 9.97 Å². The highest BCUT2D eigenvalue weighted by Crippen LogP contribution is 2.47. The van der Waals surface area contributed by atoms with Crippen LogP contribution in [-0.2, 0) is 0 Å². The van der Waals surface area contributed by atoms with Crippen LogP contribution >= 0.6 is 0 Å². The molecule has 496 valence electrons. The number of para-hydroxylation sites is 8. The summed E-state index contributed by atoms with van der Waals surface area (Å²) in [5.41, 5.74) is 20.9. The van der Waals surface area contributed by atoms with Gasteiger partial charge >= 0.3 is 0 Å². The van der Waals surface area contributed by atoms with E-state index in [9.17, 15) is 0 Å². The highest BCUT2D eigenvalue weighted by Gasteiger charge is 2.24. The van der Waals surface area contributed by atoms with E-state index >= 15 is 0 Å². The van der Waals surface area contributed by atoms with Crippen molar-refractivity contribution in [2.24, 2.45) is 0 Å². The molecule has 22 aromatic rings. The smallest absolute Gasteiger partial charge is 0.145 e. The molecule has 106 heavy (non-hydrogen) atoms. The van der Waals surface area contributed by atoms with Gasteiger partial charge in [-0.3, -0.25) is 9.13 Å². The average Bonchev–Trinajstić information content (AvgIpc) is 1.55. The molecule has 0 saturated heterocycles. The molecule has 0 fully saturated rings. The van der Waals surface area contributed by atoms with Crippen LogP contribution in [-0.4, -0.2) is 19.1 Å². The van der Waals surface area contributed by atoms with E-state index in [1.165, 1.54) is 0 Å². The fourth-order valence-electron chi connectivity index (χ4n) is 16.0. The lowest BCUT2D eigenvalue weighted by atomic mass is 9.99. The fraction of sp³-hybridized carbons (Fsp3) is 0. The van der Waals surface area contributed by atoms with Gasteiger partial charge in [0.1, 0.15) is 56.7 Å². The molecule has 0 aliphatic carbocycles. The van der Waals surface area contributed by atoms with Gasteiger partial charge in [-0.05, 0) is 239 Å². The van der Waals surface area contributed by atoms with Gasteiger partial charge in [-0.15, -0.1) is 0 Å². The van der Waals surface area contributed by atoms with E-state index in [-0.39, 0.29) is 0 Å². The predicted molar refractivity (Wildman–Crippen MR) is 433 cm³/mol. The normalized spacial score (nSPS) is 12.0. The number of hydrogen-bond donors (Lipinski definition) is 0. The molecule has 0 unspecified atom stereocenters. The van der Waals surface area contributed by atoms with Crippen molar-refractivity contribution in [3.05, 3.63) is 352 Å². The number of hydrogen-bond acceptors (Lipinski definition) is 8. The van der Waals surface area contributed by atoms with Crippen molar-refractivity contribution in [1.29, 1.82) is 0 Å². The summed E-state index contributed by atoms with van der Waals surface area (Å²) in [5.74, 6) is 3.42. The first-order chi connectivity index (χ1) is 52.5. The molecule has 6 aromatic heterocycles. The Morgan fingerprint density at radius 1 is 0.226 bits per heavy atom. The minimum absolute atomic E-state index is 0.777. The second-order valence-electron chi connectivity index (χ2n) is 27.3. The molecule has 10 heteroatoms. The first-order valence-corrected chi connectivity index (χ1v) is 35.6. The predicted octanol–water partition coefficient (Wildman–Crippen LogP) is 26.7. The van der Waals surface area contributed by atoms with Gasteiger partial charge in [-0.2, -0.15) is 0 Å². The SMILES string of the molecule is c1ccc(-n2c(-c3ccc(N(c4ccc5cc(-c6cc7ccccc7o6)ccc5c4)c4ccc5c(c4)oc4ccc6c(ccc7oc8cc(N(c9ccc(-c%10nc%11ccccc%11n%10-c%10ccccc%10)cc9)c9ccc%10cc(-c%11cc%12ccccc%12o%11)ccc%10c9)ccc8c76)c45)cc3)nc3ccccc32)cc1. The van der Waals surface area contributed by atoms with E-state index < -0.39 is 0 Å². The van der Waals surface area contributed by atoms with Crippen LogP contribution in [0.25, 0.3) is 177 Å². The van der Waals surface area contributed by atoms with E-state index in [1.54, 1.807) is 0 Å². The van der Waals surface area contributed by atoms with Crippen molar-refractivity contribution < 1.29 is 17.7 Å². The molecule has 10 nitrogen and oxygen atoms in total. The van der Waals surface area contributed by atoms with Gasteiger partial charge in [-0.1, -0.05) is 133 Å². The maximum atomic E-state index is 6.99. The lowest BCUT2D eigenvalue weighted by molar-refractivity contribution is 0.631.